The Morgan fingerprint density at radius 2 is 2.07 bits per heavy atom. The minimum absolute atomic E-state index is 0.139. The van der Waals surface area contributed by atoms with Crippen LogP contribution < -0.4 is 10.6 Å². The van der Waals surface area contributed by atoms with Gasteiger partial charge in [0.2, 0.25) is 0 Å². The maximum absolute atomic E-state index is 9.92. The number of hydrogen-bond acceptors (Lipinski definition) is 7. The van der Waals surface area contributed by atoms with Crippen molar-refractivity contribution in [2.45, 2.75) is 56.2 Å². The van der Waals surface area contributed by atoms with Gasteiger partial charge in [-0.3, -0.25) is 0 Å². The van der Waals surface area contributed by atoms with Gasteiger partial charge in [-0.15, -0.1) is 0 Å². The van der Waals surface area contributed by atoms with Gasteiger partial charge in [0.25, 0.3) is 0 Å². The summed E-state index contributed by atoms with van der Waals surface area (Å²) in [5.41, 5.74) is 7.70. The number of aryl methyl sites for hydroxylation is 1. The predicted molar refractivity (Wildman–Crippen MR) is 117 cm³/mol. The lowest BCUT2D eigenvalue weighted by Gasteiger charge is -2.42. The number of hydrogen-bond donors (Lipinski definition) is 2. The minimum atomic E-state index is -0.162. The van der Waals surface area contributed by atoms with Crippen LogP contribution in [0.2, 0.25) is 5.02 Å². The van der Waals surface area contributed by atoms with Crippen molar-refractivity contribution in [2.24, 2.45) is 11.1 Å². The number of piperidine rings is 1. The summed E-state index contributed by atoms with van der Waals surface area (Å²) in [6.07, 6.45) is 3.67. The Hall–Kier alpha value is -0.930. The lowest BCUT2D eigenvalue weighted by atomic mass is 9.75. The number of nitrogens with zero attached hydrogens (tertiary/aromatic N) is 4. The topological polar surface area (TPSA) is 88.2 Å². The van der Waals surface area contributed by atoms with Crippen molar-refractivity contribution in [3.05, 3.63) is 33.3 Å². The van der Waals surface area contributed by atoms with Gasteiger partial charge in [0.15, 0.2) is 5.82 Å². The molecule has 2 aromatic heterocycles. The van der Waals surface area contributed by atoms with Gasteiger partial charge in [0.1, 0.15) is 15.3 Å². The second-order valence-corrected chi connectivity index (χ2v) is 9.65. The van der Waals surface area contributed by atoms with Crippen LogP contribution in [0, 0.1) is 12.3 Å². The Bertz CT molecular complexity index is 858. The van der Waals surface area contributed by atoms with Crippen molar-refractivity contribution in [1.82, 2.24) is 15.0 Å². The van der Waals surface area contributed by atoms with Crippen LogP contribution in [0.3, 0.4) is 0 Å². The molecule has 0 saturated carbocycles. The van der Waals surface area contributed by atoms with Gasteiger partial charge >= 0.3 is 0 Å². The van der Waals surface area contributed by atoms with Crippen LogP contribution in [0.15, 0.2) is 26.8 Å². The van der Waals surface area contributed by atoms with Crippen molar-refractivity contribution in [3.8, 4) is 0 Å². The molecule has 1 aliphatic heterocycles. The van der Waals surface area contributed by atoms with E-state index in [1.165, 1.54) is 11.8 Å². The molecular formula is C19H25BrClN5OS. The third-order valence-corrected chi connectivity index (χ3v) is 8.01. The SMILES string of the molecule is Cc1nc(N2CCC(C)([C@@H](C)N)CC2)c(CO)nc1Sc1ccnc(Br)c1Cl. The third-order valence-electron chi connectivity index (χ3n) is 5.55. The van der Waals surface area contributed by atoms with E-state index in [1.807, 2.05) is 13.0 Å². The molecule has 152 valence electrons. The summed E-state index contributed by atoms with van der Waals surface area (Å²) < 4.78 is 0.592. The lowest BCUT2D eigenvalue weighted by Crippen LogP contribution is -2.47. The summed E-state index contributed by atoms with van der Waals surface area (Å²) in [6.45, 7) is 7.80. The summed E-state index contributed by atoms with van der Waals surface area (Å²) >= 11 is 11.1. The van der Waals surface area contributed by atoms with E-state index in [4.69, 9.17) is 27.3 Å². The van der Waals surface area contributed by atoms with Crippen LogP contribution in [-0.4, -0.2) is 39.2 Å². The van der Waals surface area contributed by atoms with E-state index in [0.717, 1.165) is 47.4 Å². The fourth-order valence-corrected chi connectivity index (χ4v) is 4.81. The smallest absolute Gasteiger partial charge is 0.153 e. The molecule has 0 spiro atoms. The van der Waals surface area contributed by atoms with Crippen LogP contribution in [0.1, 0.15) is 38.1 Å². The lowest BCUT2D eigenvalue weighted by molar-refractivity contribution is 0.204. The molecule has 0 amide bonds. The molecule has 3 heterocycles. The van der Waals surface area contributed by atoms with E-state index >= 15 is 0 Å². The van der Waals surface area contributed by atoms with Gasteiger partial charge in [0, 0.05) is 30.2 Å². The van der Waals surface area contributed by atoms with E-state index < -0.39 is 0 Å². The fraction of sp³-hybridized carbons (Fsp3) is 0.526. The summed E-state index contributed by atoms with van der Waals surface area (Å²) in [6, 6.07) is 1.99. The van der Waals surface area contributed by atoms with Crippen molar-refractivity contribution >= 4 is 45.1 Å². The zero-order valence-corrected chi connectivity index (χ0v) is 19.4. The number of aliphatic hydroxyl groups is 1. The summed E-state index contributed by atoms with van der Waals surface area (Å²) in [7, 11) is 0. The van der Waals surface area contributed by atoms with Gasteiger partial charge in [-0.25, -0.2) is 15.0 Å². The Morgan fingerprint density at radius 3 is 2.68 bits per heavy atom. The summed E-state index contributed by atoms with van der Waals surface area (Å²) in [5, 5.41) is 11.2. The molecule has 3 N–H and O–H groups in total. The molecule has 1 saturated heterocycles. The van der Waals surface area contributed by atoms with Crippen molar-refractivity contribution in [2.75, 3.05) is 18.0 Å². The first-order valence-corrected chi connectivity index (χ1v) is 11.2. The monoisotopic (exact) mass is 485 g/mol. The molecule has 0 radical (unpaired) electrons. The second-order valence-electron chi connectivity index (χ2n) is 7.49. The Labute approximate surface area is 183 Å². The van der Waals surface area contributed by atoms with Gasteiger partial charge < -0.3 is 15.7 Å². The highest BCUT2D eigenvalue weighted by molar-refractivity contribution is 9.10. The summed E-state index contributed by atoms with van der Waals surface area (Å²) in [4.78, 5) is 16.6. The highest BCUT2D eigenvalue weighted by atomic mass is 79.9. The summed E-state index contributed by atoms with van der Waals surface area (Å²) in [5.74, 6) is 0.762. The molecule has 1 atom stereocenters. The van der Waals surface area contributed by atoms with Crippen molar-refractivity contribution in [1.29, 1.82) is 0 Å². The molecule has 0 aliphatic carbocycles. The van der Waals surface area contributed by atoms with Crippen LogP contribution in [0.25, 0.3) is 0 Å². The predicted octanol–water partition coefficient (Wildman–Crippen LogP) is 4.19. The number of nitrogens with two attached hydrogens (primary N) is 1. The van der Waals surface area contributed by atoms with Gasteiger partial charge in [-0.1, -0.05) is 30.3 Å². The Morgan fingerprint density at radius 1 is 1.39 bits per heavy atom. The maximum Gasteiger partial charge on any atom is 0.153 e. The molecule has 0 aromatic carbocycles. The molecule has 28 heavy (non-hydrogen) atoms. The first kappa shape index (κ1) is 21.8. The van der Waals surface area contributed by atoms with Crippen LogP contribution >= 0.6 is 39.3 Å². The first-order chi connectivity index (χ1) is 13.2. The molecule has 0 unspecified atom stereocenters. The van der Waals surface area contributed by atoms with E-state index in [0.29, 0.717) is 15.3 Å². The highest BCUT2D eigenvalue weighted by Gasteiger charge is 2.34. The number of pyridine rings is 1. The van der Waals surface area contributed by atoms with Crippen molar-refractivity contribution in [3.63, 3.8) is 0 Å². The molecule has 1 aliphatic rings. The maximum atomic E-state index is 9.92. The van der Waals surface area contributed by atoms with E-state index in [2.05, 4.69) is 39.7 Å². The normalized spacial score (nSPS) is 17.6. The number of aliphatic hydroxyl groups excluding tert-OH is 1. The van der Waals surface area contributed by atoms with Crippen molar-refractivity contribution < 1.29 is 5.11 Å². The average molecular weight is 487 g/mol. The van der Waals surface area contributed by atoms with Gasteiger partial charge in [-0.2, -0.15) is 0 Å². The third kappa shape index (κ3) is 4.46. The van der Waals surface area contributed by atoms with Crippen LogP contribution in [0.4, 0.5) is 5.82 Å². The zero-order valence-electron chi connectivity index (χ0n) is 16.2. The molecule has 1 fully saturated rings. The molecule has 2 aromatic rings. The molecule has 9 heteroatoms. The number of aromatic nitrogens is 3. The fourth-order valence-electron chi connectivity index (χ4n) is 3.25. The number of halogens is 2. The Kier molecular flexibility index (Phi) is 6.87. The number of anilines is 1. The molecule has 6 nitrogen and oxygen atoms in total. The van der Waals surface area contributed by atoms with Crippen LogP contribution in [-0.2, 0) is 6.61 Å². The van der Waals surface area contributed by atoms with Gasteiger partial charge in [-0.05, 0) is 54.1 Å². The minimum Gasteiger partial charge on any atom is -0.390 e. The first-order valence-electron chi connectivity index (χ1n) is 9.22. The largest absolute Gasteiger partial charge is 0.390 e. The second kappa shape index (κ2) is 8.83. The van der Waals surface area contributed by atoms with E-state index in [1.54, 1.807) is 6.20 Å². The number of rotatable bonds is 5. The molecule has 3 rings (SSSR count). The standard InChI is InChI=1S/C19H25BrClN5OS/c1-11-18(28-14-4-7-23-16(20)15(14)21)25-13(10-27)17(24-11)26-8-5-19(3,6-9-26)12(2)22/h4,7,12,27H,5-6,8-10,22H2,1-3H3/t12-/m1/s1. The highest BCUT2D eigenvalue weighted by Crippen LogP contribution is 2.39. The van der Waals surface area contributed by atoms with E-state index in [-0.39, 0.29) is 18.1 Å². The van der Waals surface area contributed by atoms with E-state index in [9.17, 15) is 5.11 Å². The Balaban J connectivity index is 1.85. The molecule has 0 bridgehead atoms. The average Bonchev–Trinajstić information content (AvgIpc) is 2.67. The zero-order chi connectivity index (χ0) is 20.5. The van der Waals surface area contributed by atoms with Gasteiger partial charge in [0.05, 0.1) is 17.3 Å². The van der Waals surface area contributed by atoms with Crippen LogP contribution in [0.5, 0.6) is 0 Å². The quantitative estimate of drug-likeness (QED) is 0.612. The molecular weight excluding hydrogens is 462 g/mol.